The molecule has 0 saturated heterocycles. The monoisotopic (exact) mass is 281 g/mol. The van der Waals surface area contributed by atoms with Crippen LogP contribution in [-0.4, -0.2) is 29.5 Å². The lowest BCUT2D eigenvalue weighted by Gasteiger charge is -2.22. The summed E-state index contributed by atoms with van der Waals surface area (Å²) < 4.78 is 15.1. The molecule has 1 fully saturated rings. The molecule has 1 aromatic rings. The number of esters is 1. The van der Waals surface area contributed by atoms with E-state index >= 15 is 0 Å². The third-order valence-electron chi connectivity index (χ3n) is 3.18. The van der Waals surface area contributed by atoms with Crippen molar-refractivity contribution in [2.45, 2.75) is 51.4 Å². The van der Waals surface area contributed by atoms with Crippen LogP contribution in [0.15, 0.2) is 18.5 Å². The van der Waals surface area contributed by atoms with E-state index in [0.29, 0.717) is 5.56 Å². The maximum Gasteiger partial charge on any atom is 0.511 e. The minimum Gasteiger partial charge on any atom is -0.431 e. The summed E-state index contributed by atoms with van der Waals surface area (Å²) in [6.45, 7) is 1.48. The first-order valence-corrected chi connectivity index (χ1v) is 6.86. The van der Waals surface area contributed by atoms with E-state index in [1.807, 2.05) is 0 Å². The van der Waals surface area contributed by atoms with Crippen LogP contribution >= 0.6 is 0 Å². The van der Waals surface area contributed by atoms with Gasteiger partial charge >= 0.3 is 12.1 Å². The number of nitrogens with one attached hydrogen (secondary N) is 1. The fraction of sp³-hybridized carbons (Fsp3) is 0.571. The molecule has 0 bridgehead atoms. The summed E-state index contributed by atoms with van der Waals surface area (Å²) in [6.07, 6.45) is 6.32. The largest absolute Gasteiger partial charge is 0.511 e. The number of carbonyl (C=O) groups is 2. The Bertz CT molecular complexity index is 436. The van der Waals surface area contributed by atoms with Crippen molar-refractivity contribution >= 4 is 12.1 Å². The Morgan fingerprint density at radius 2 is 2.00 bits per heavy atom. The van der Waals surface area contributed by atoms with Gasteiger partial charge in [0.25, 0.3) is 0 Å². The van der Waals surface area contributed by atoms with Gasteiger partial charge in [0.1, 0.15) is 6.10 Å². The zero-order valence-electron chi connectivity index (χ0n) is 11.5. The summed E-state index contributed by atoms with van der Waals surface area (Å²) in [7, 11) is 0. The maximum absolute atomic E-state index is 11.6. The van der Waals surface area contributed by atoms with Gasteiger partial charge in [-0.15, -0.1) is 0 Å². The molecule has 0 radical (unpaired) electrons. The van der Waals surface area contributed by atoms with Gasteiger partial charge in [0.2, 0.25) is 6.29 Å². The van der Waals surface area contributed by atoms with Crippen molar-refractivity contribution in [3.05, 3.63) is 24.0 Å². The summed E-state index contributed by atoms with van der Waals surface area (Å²) in [6, 6.07) is 1.58. The zero-order chi connectivity index (χ0) is 14.4. The third-order valence-corrected chi connectivity index (χ3v) is 3.18. The second-order valence-electron chi connectivity index (χ2n) is 4.82. The van der Waals surface area contributed by atoms with Crippen LogP contribution in [-0.2, 0) is 14.2 Å². The van der Waals surface area contributed by atoms with Crippen molar-refractivity contribution in [2.75, 3.05) is 0 Å². The number of H-pyrrole nitrogens is 1. The number of hydrogen-bond acceptors (Lipinski definition) is 5. The van der Waals surface area contributed by atoms with Gasteiger partial charge in [0.05, 0.1) is 5.56 Å². The van der Waals surface area contributed by atoms with Gasteiger partial charge < -0.3 is 19.2 Å². The molecule has 1 aromatic heterocycles. The molecular weight excluding hydrogens is 262 g/mol. The second kappa shape index (κ2) is 6.98. The number of aromatic nitrogens is 1. The molecule has 1 aliphatic carbocycles. The fourth-order valence-corrected chi connectivity index (χ4v) is 2.18. The zero-order valence-corrected chi connectivity index (χ0v) is 11.5. The first-order chi connectivity index (χ1) is 9.65. The van der Waals surface area contributed by atoms with E-state index in [0.717, 1.165) is 25.7 Å². The van der Waals surface area contributed by atoms with Crippen molar-refractivity contribution in [3.63, 3.8) is 0 Å². The minimum atomic E-state index is -0.978. The van der Waals surface area contributed by atoms with E-state index in [1.165, 1.54) is 19.5 Å². The van der Waals surface area contributed by atoms with E-state index in [9.17, 15) is 9.59 Å². The second-order valence-corrected chi connectivity index (χ2v) is 4.82. The number of hydrogen-bond donors (Lipinski definition) is 1. The molecule has 1 heterocycles. The number of carbonyl (C=O) groups excluding carboxylic acids is 2. The van der Waals surface area contributed by atoms with Gasteiger partial charge in [-0.1, -0.05) is 6.42 Å². The highest BCUT2D eigenvalue weighted by molar-refractivity contribution is 5.89. The van der Waals surface area contributed by atoms with Gasteiger partial charge in [0.15, 0.2) is 0 Å². The van der Waals surface area contributed by atoms with Crippen LogP contribution in [0.5, 0.6) is 0 Å². The summed E-state index contributed by atoms with van der Waals surface area (Å²) in [5.41, 5.74) is 0.376. The Kier molecular flexibility index (Phi) is 5.03. The SMILES string of the molecule is CC(OC(=O)OC1CCCCC1)OC(=O)c1cc[nH]c1. The number of ether oxygens (including phenoxy) is 3. The predicted octanol–water partition coefficient (Wildman–Crippen LogP) is 3.00. The highest BCUT2D eigenvalue weighted by Crippen LogP contribution is 2.20. The van der Waals surface area contributed by atoms with E-state index in [2.05, 4.69) is 4.98 Å². The maximum atomic E-state index is 11.6. The van der Waals surface area contributed by atoms with Crippen LogP contribution in [0.2, 0.25) is 0 Å². The Morgan fingerprint density at radius 3 is 2.65 bits per heavy atom. The molecule has 20 heavy (non-hydrogen) atoms. The topological polar surface area (TPSA) is 77.6 Å². The fourth-order valence-electron chi connectivity index (χ4n) is 2.18. The average Bonchev–Trinajstić information content (AvgIpc) is 2.93. The Labute approximate surface area is 117 Å². The molecule has 6 heteroatoms. The first-order valence-electron chi connectivity index (χ1n) is 6.86. The van der Waals surface area contributed by atoms with E-state index in [-0.39, 0.29) is 6.10 Å². The van der Waals surface area contributed by atoms with Crippen LogP contribution in [0.1, 0.15) is 49.4 Å². The summed E-state index contributed by atoms with van der Waals surface area (Å²) in [4.78, 5) is 25.9. The summed E-state index contributed by atoms with van der Waals surface area (Å²) >= 11 is 0. The van der Waals surface area contributed by atoms with Crippen molar-refractivity contribution in [1.82, 2.24) is 4.98 Å². The lowest BCUT2D eigenvalue weighted by Crippen LogP contribution is -2.26. The van der Waals surface area contributed by atoms with Crippen molar-refractivity contribution in [3.8, 4) is 0 Å². The Hall–Kier alpha value is -1.98. The van der Waals surface area contributed by atoms with E-state index < -0.39 is 18.4 Å². The van der Waals surface area contributed by atoms with Gasteiger partial charge in [-0.25, -0.2) is 9.59 Å². The molecule has 1 aliphatic rings. The molecule has 1 unspecified atom stereocenters. The van der Waals surface area contributed by atoms with Crippen LogP contribution < -0.4 is 0 Å². The lowest BCUT2D eigenvalue weighted by atomic mass is 9.98. The van der Waals surface area contributed by atoms with E-state index in [4.69, 9.17) is 14.2 Å². The number of rotatable bonds is 4. The van der Waals surface area contributed by atoms with Crippen LogP contribution in [0.4, 0.5) is 4.79 Å². The van der Waals surface area contributed by atoms with Gasteiger partial charge in [-0.3, -0.25) is 0 Å². The highest BCUT2D eigenvalue weighted by atomic mass is 16.8. The first kappa shape index (κ1) is 14.4. The minimum absolute atomic E-state index is 0.0798. The molecule has 1 N–H and O–H groups in total. The van der Waals surface area contributed by atoms with Crippen molar-refractivity contribution in [2.24, 2.45) is 0 Å². The quantitative estimate of drug-likeness (QED) is 0.678. The molecule has 0 spiro atoms. The highest BCUT2D eigenvalue weighted by Gasteiger charge is 2.21. The van der Waals surface area contributed by atoms with Crippen molar-refractivity contribution in [1.29, 1.82) is 0 Å². The van der Waals surface area contributed by atoms with Crippen LogP contribution in [0.3, 0.4) is 0 Å². The predicted molar refractivity (Wildman–Crippen MR) is 70.1 cm³/mol. The molecule has 6 nitrogen and oxygen atoms in total. The average molecular weight is 281 g/mol. The van der Waals surface area contributed by atoms with Crippen LogP contribution in [0.25, 0.3) is 0 Å². The molecule has 2 rings (SSSR count). The normalized spacial score (nSPS) is 17.2. The van der Waals surface area contributed by atoms with Gasteiger partial charge in [0, 0.05) is 19.3 Å². The molecule has 0 aromatic carbocycles. The molecular formula is C14H19NO5. The Morgan fingerprint density at radius 1 is 1.25 bits per heavy atom. The smallest absolute Gasteiger partial charge is 0.431 e. The number of aromatic amines is 1. The van der Waals surface area contributed by atoms with Crippen molar-refractivity contribution < 1.29 is 23.8 Å². The molecule has 1 saturated carbocycles. The standard InChI is InChI=1S/C14H19NO5/c1-10(18-13(16)11-7-8-15-9-11)19-14(17)20-12-5-3-2-4-6-12/h7-10,12,15H,2-6H2,1H3. The van der Waals surface area contributed by atoms with Gasteiger partial charge in [-0.2, -0.15) is 0 Å². The molecule has 0 amide bonds. The van der Waals surface area contributed by atoms with Crippen LogP contribution in [0, 0.1) is 0 Å². The summed E-state index contributed by atoms with van der Waals surface area (Å²) in [5, 5.41) is 0. The summed E-state index contributed by atoms with van der Waals surface area (Å²) in [5.74, 6) is -0.552. The molecule has 1 atom stereocenters. The molecule has 0 aliphatic heterocycles. The molecule has 110 valence electrons. The Balaban J connectivity index is 1.71. The van der Waals surface area contributed by atoms with E-state index in [1.54, 1.807) is 12.3 Å². The lowest BCUT2D eigenvalue weighted by molar-refractivity contribution is -0.0914. The van der Waals surface area contributed by atoms with Gasteiger partial charge in [-0.05, 0) is 31.7 Å². The third kappa shape index (κ3) is 4.29.